The Balaban J connectivity index is 2.01. The second-order valence-corrected chi connectivity index (χ2v) is 7.64. The monoisotopic (exact) mass is 405 g/mol. The lowest BCUT2D eigenvalue weighted by Crippen LogP contribution is -2.39. The van der Waals surface area contributed by atoms with Crippen LogP contribution in [0, 0.1) is 5.82 Å². The van der Waals surface area contributed by atoms with E-state index in [1.54, 1.807) is 12.1 Å². The Morgan fingerprint density at radius 1 is 1.24 bits per heavy atom. The largest absolute Gasteiger partial charge is 0.460 e. The lowest BCUT2D eigenvalue weighted by atomic mass is 10.2. The molecule has 0 spiro atoms. The molecule has 0 saturated heterocycles. The molecule has 0 aliphatic rings. The van der Waals surface area contributed by atoms with E-state index in [4.69, 9.17) is 27.9 Å². The number of esters is 1. The number of hydrogen-bond acceptors (Lipinski definition) is 4. The van der Waals surface area contributed by atoms with Crippen LogP contribution in [-0.2, 0) is 26.2 Å². The molecule has 0 fully saturated rings. The molecule has 25 heavy (non-hydrogen) atoms. The molecule has 0 aromatic heterocycles. The number of rotatable bonds is 6. The first kappa shape index (κ1) is 19.7. The molecule has 0 aliphatic heterocycles. The van der Waals surface area contributed by atoms with Crippen LogP contribution in [-0.4, -0.2) is 20.4 Å². The van der Waals surface area contributed by atoms with E-state index in [0.29, 0.717) is 15.6 Å². The van der Waals surface area contributed by atoms with E-state index in [9.17, 15) is 17.6 Å². The summed E-state index contributed by atoms with van der Waals surface area (Å²) in [6.07, 6.45) is 0. The summed E-state index contributed by atoms with van der Waals surface area (Å²) in [6.45, 7) is 1.14. The number of carbonyl (C=O) groups excluding carboxylic acids is 1. The molecular formula is C16H14Cl2FNO4S. The highest BCUT2D eigenvalue weighted by Gasteiger charge is 2.25. The topological polar surface area (TPSA) is 72.5 Å². The molecule has 0 bridgehead atoms. The van der Waals surface area contributed by atoms with Gasteiger partial charge in [-0.2, -0.15) is 4.72 Å². The molecule has 5 nitrogen and oxygen atoms in total. The number of halogens is 3. The van der Waals surface area contributed by atoms with Crippen molar-refractivity contribution in [2.45, 2.75) is 24.5 Å². The van der Waals surface area contributed by atoms with Crippen LogP contribution in [0.2, 0.25) is 10.0 Å². The van der Waals surface area contributed by atoms with Gasteiger partial charge in [-0.1, -0.05) is 41.4 Å². The Labute approximate surface area is 154 Å². The molecular weight excluding hydrogens is 392 g/mol. The van der Waals surface area contributed by atoms with Gasteiger partial charge in [0.05, 0.1) is 0 Å². The van der Waals surface area contributed by atoms with Crippen LogP contribution in [0.3, 0.4) is 0 Å². The van der Waals surface area contributed by atoms with Crippen molar-refractivity contribution in [3.63, 3.8) is 0 Å². The van der Waals surface area contributed by atoms with Crippen LogP contribution in [0.4, 0.5) is 4.39 Å². The lowest BCUT2D eigenvalue weighted by molar-refractivity contribution is -0.146. The highest BCUT2D eigenvalue weighted by molar-refractivity contribution is 7.89. The Morgan fingerprint density at radius 2 is 1.92 bits per heavy atom. The van der Waals surface area contributed by atoms with Gasteiger partial charge >= 0.3 is 5.97 Å². The van der Waals surface area contributed by atoms with Crippen molar-refractivity contribution in [3.05, 3.63) is 63.9 Å². The van der Waals surface area contributed by atoms with Gasteiger partial charge in [0.2, 0.25) is 10.0 Å². The molecule has 0 unspecified atom stereocenters. The summed E-state index contributed by atoms with van der Waals surface area (Å²) >= 11 is 11.7. The molecule has 0 heterocycles. The standard InChI is InChI=1S/C16H14Cl2FNO4S/c1-10(20-25(22,23)15-5-3-2-4-14(15)19)16(21)24-9-11-6-7-12(17)8-13(11)18/h2-8,10,20H,9H2,1H3/t10-/m0/s1. The minimum Gasteiger partial charge on any atom is -0.460 e. The number of hydrogen-bond donors (Lipinski definition) is 1. The first-order valence-corrected chi connectivity index (χ1v) is 9.32. The highest BCUT2D eigenvalue weighted by atomic mass is 35.5. The summed E-state index contributed by atoms with van der Waals surface area (Å²) in [5, 5.41) is 0.756. The third-order valence-corrected chi connectivity index (χ3v) is 5.36. The number of ether oxygens (including phenoxy) is 1. The summed E-state index contributed by atoms with van der Waals surface area (Å²) < 4.78 is 45.0. The number of sulfonamides is 1. The second kappa shape index (κ2) is 8.14. The van der Waals surface area contributed by atoms with E-state index >= 15 is 0 Å². The number of carbonyl (C=O) groups is 1. The third kappa shape index (κ3) is 5.15. The maximum absolute atomic E-state index is 13.6. The van der Waals surface area contributed by atoms with Crippen molar-refractivity contribution >= 4 is 39.2 Å². The Hall–Kier alpha value is -1.67. The fraction of sp³-hybridized carbons (Fsp3) is 0.188. The van der Waals surface area contributed by atoms with E-state index in [0.717, 1.165) is 12.1 Å². The minimum absolute atomic E-state index is 0.152. The fourth-order valence-electron chi connectivity index (χ4n) is 1.92. The third-order valence-electron chi connectivity index (χ3n) is 3.20. The summed E-state index contributed by atoms with van der Waals surface area (Å²) in [7, 11) is -4.20. The van der Waals surface area contributed by atoms with Gasteiger partial charge in [-0.25, -0.2) is 12.8 Å². The average molecular weight is 406 g/mol. The van der Waals surface area contributed by atoms with E-state index in [1.165, 1.54) is 25.1 Å². The van der Waals surface area contributed by atoms with E-state index in [1.807, 2.05) is 0 Å². The predicted molar refractivity (Wildman–Crippen MR) is 92.4 cm³/mol. The molecule has 2 aromatic carbocycles. The van der Waals surface area contributed by atoms with Crippen LogP contribution in [0.1, 0.15) is 12.5 Å². The highest BCUT2D eigenvalue weighted by Crippen LogP contribution is 2.21. The normalized spacial score (nSPS) is 12.6. The van der Waals surface area contributed by atoms with Crippen molar-refractivity contribution in [1.82, 2.24) is 4.72 Å². The summed E-state index contributed by atoms with van der Waals surface area (Å²) in [5.41, 5.74) is 0.517. The van der Waals surface area contributed by atoms with Gasteiger partial charge in [0.15, 0.2) is 0 Å². The number of benzene rings is 2. The second-order valence-electron chi connectivity index (χ2n) is 5.12. The fourth-order valence-corrected chi connectivity index (χ4v) is 3.65. The first-order valence-electron chi connectivity index (χ1n) is 7.08. The Kier molecular flexibility index (Phi) is 6.40. The van der Waals surface area contributed by atoms with E-state index in [-0.39, 0.29) is 6.61 Å². The molecule has 0 radical (unpaired) electrons. The molecule has 9 heteroatoms. The zero-order valence-corrected chi connectivity index (χ0v) is 15.3. The molecule has 1 atom stereocenters. The van der Waals surface area contributed by atoms with Crippen molar-refractivity contribution in [2.75, 3.05) is 0 Å². The molecule has 2 rings (SSSR count). The van der Waals surface area contributed by atoms with Crippen molar-refractivity contribution in [1.29, 1.82) is 0 Å². The van der Waals surface area contributed by atoms with Gasteiger partial charge in [-0.15, -0.1) is 0 Å². The average Bonchev–Trinajstić information content (AvgIpc) is 2.53. The van der Waals surface area contributed by atoms with Crippen LogP contribution < -0.4 is 4.72 Å². The molecule has 1 N–H and O–H groups in total. The van der Waals surface area contributed by atoms with Gasteiger partial charge < -0.3 is 4.74 Å². The zero-order valence-electron chi connectivity index (χ0n) is 13.0. The molecule has 2 aromatic rings. The van der Waals surface area contributed by atoms with Crippen LogP contribution in [0.25, 0.3) is 0 Å². The zero-order chi connectivity index (χ0) is 18.6. The van der Waals surface area contributed by atoms with Gasteiger partial charge in [-0.05, 0) is 31.2 Å². The van der Waals surface area contributed by atoms with E-state index < -0.39 is 32.7 Å². The van der Waals surface area contributed by atoms with Gasteiger partial charge in [0, 0.05) is 15.6 Å². The quantitative estimate of drug-likeness (QED) is 0.745. The van der Waals surface area contributed by atoms with Gasteiger partial charge in [0.25, 0.3) is 0 Å². The minimum atomic E-state index is -4.20. The molecule has 0 saturated carbocycles. The Morgan fingerprint density at radius 3 is 2.56 bits per heavy atom. The number of nitrogens with one attached hydrogen (secondary N) is 1. The van der Waals surface area contributed by atoms with Crippen LogP contribution in [0.5, 0.6) is 0 Å². The first-order chi connectivity index (χ1) is 11.7. The predicted octanol–water partition coefficient (Wildman–Crippen LogP) is 3.54. The summed E-state index contributed by atoms with van der Waals surface area (Å²) in [5.74, 6) is -1.74. The molecule has 0 amide bonds. The van der Waals surface area contributed by atoms with Crippen LogP contribution >= 0.6 is 23.2 Å². The van der Waals surface area contributed by atoms with Gasteiger partial charge in [0.1, 0.15) is 23.4 Å². The lowest BCUT2D eigenvalue weighted by Gasteiger charge is -2.14. The van der Waals surface area contributed by atoms with Crippen molar-refractivity contribution < 1.29 is 22.3 Å². The maximum Gasteiger partial charge on any atom is 0.324 e. The summed E-state index contributed by atoms with van der Waals surface area (Å²) in [6, 6.07) is 8.31. The SMILES string of the molecule is C[C@H](NS(=O)(=O)c1ccccc1F)C(=O)OCc1ccc(Cl)cc1Cl. The molecule has 0 aliphatic carbocycles. The Bertz CT molecular complexity index is 889. The van der Waals surface area contributed by atoms with Crippen LogP contribution in [0.15, 0.2) is 47.4 Å². The van der Waals surface area contributed by atoms with Gasteiger partial charge in [-0.3, -0.25) is 4.79 Å². The summed E-state index contributed by atoms with van der Waals surface area (Å²) in [4.78, 5) is 11.4. The van der Waals surface area contributed by atoms with E-state index in [2.05, 4.69) is 4.72 Å². The smallest absolute Gasteiger partial charge is 0.324 e. The van der Waals surface area contributed by atoms with Crippen molar-refractivity contribution in [2.24, 2.45) is 0 Å². The van der Waals surface area contributed by atoms with Crippen molar-refractivity contribution in [3.8, 4) is 0 Å². The maximum atomic E-state index is 13.6. The molecule has 134 valence electrons.